The number of nitrogens with zero attached hydrogens (tertiary/aromatic N) is 5. The number of hydrogen-bond acceptors (Lipinski definition) is 5. The first kappa shape index (κ1) is 21.9. The van der Waals surface area contributed by atoms with Crippen LogP contribution in [0.25, 0.3) is 0 Å². The topological polar surface area (TPSA) is 35.5 Å². The van der Waals surface area contributed by atoms with Gasteiger partial charge in [0.05, 0.1) is 15.7 Å². The van der Waals surface area contributed by atoms with Crippen LogP contribution in [0.1, 0.15) is 16.8 Å². The Kier molecular flexibility index (Phi) is 6.96. The highest BCUT2D eigenvalue weighted by molar-refractivity contribution is 6.42. The Morgan fingerprint density at radius 3 is 2.26 bits per heavy atom. The van der Waals surface area contributed by atoms with E-state index in [0.717, 1.165) is 55.7 Å². The standard InChI is InChI=1S/C24H27Cl2N5/c1-29(2)23-16-20(14-19-8-9-21(25)22(26)15-19)27-24(28-23)31-12-10-30(11-13-31)17-18-6-4-3-5-7-18/h3-9,15-16H,10-14,17H2,1-2H3. The number of rotatable bonds is 6. The lowest BCUT2D eigenvalue weighted by atomic mass is 10.1. The molecule has 1 aromatic heterocycles. The van der Waals surface area contributed by atoms with E-state index >= 15 is 0 Å². The van der Waals surface area contributed by atoms with Crippen LogP contribution in [0.15, 0.2) is 54.6 Å². The van der Waals surface area contributed by atoms with Gasteiger partial charge >= 0.3 is 0 Å². The van der Waals surface area contributed by atoms with Crippen molar-refractivity contribution in [2.45, 2.75) is 13.0 Å². The fourth-order valence-electron chi connectivity index (χ4n) is 3.74. The lowest BCUT2D eigenvalue weighted by Crippen LogP contribution is -2.46. The van der Waals surface area contributed by atoms with Crippen LogP contribution in [0.4, 0.5) is 11.8 Å². The second-order valence-corrected chi connectivity index (χ2v) is 8.90. The van der Waals surface area contributed by atoms with Crippen molar-refractivity contribution in [1.29, 1.82) is 0 Å². The molecule has 5 nitrogen and oxygen atoms in total. The van der Waals surface area contributed by atoms with Gasteiger partial charge in [0.1, 0.15) is 5.82 Å². The Bertz CT molecular complexity index is 1020. The summed E-state index contributed by atoms with van der Waals surface area (Å²) in [5, 5.41) is 1.13. The Balaban J connectivity index is 1.48. The maximum Gasteiger partial charge on any atom is 0.227 e. The molecule has 2 aromatic carbocycles. The summed E-state index contributed by atoms with van der Waals surface area (Å²) in [5.41, 5.74) is 3.40. The van der Waals surface area contributed by atoms with Gasteiger partial charge in [-0.2, -0.15) is 4.98 Å². The monoisotopic (exact) mass is 455 g/mol. The largest absolute Gasteiger partial charge is 0.363 e. The summed E-state index contributed by atoms with van der Waals surface area (Å²) in [5.74, 6) is 1.70. The van der Waals surface area contributed by atoms with Gasteiger partial charge in [0.25, 0.3) is 0 Å². The minimum atomic E-state index is 0.566. The van der Waals surface area contributed by atoms with Crippen LogP contribution in [-0.2, 0) is 13.0 Å². The summed E-state index contributed by atoms with van der Waals surface area (Å²) >= 11 is 12.3. The van der Waals surface area contributed by atoms with E-state index in [9.17, 15) is 0 Å². The molecule has 1 fully saturated rings. The van der Waals surface area contributed by atoms with Gasteiger partial charge < -0.3 is 9.80 Å². The maximum atomic E-state index is 6.20. The van der Waals surface area contributed by atoms with Gasteiger partial charge in [0.2, 0.25) is 5.95 Å². The first-order valence-electron chi connectivity index (χ1n) is 10.5. The van der Waals surface area contributed by atoms with Crippen molar-refractivity contribution in [3.63, 3.8) is 0 Å². The Morgan fingerprint density at radius 1 is 0.839 bits per heavy atom. The predicted octanol–water partition coefficient (Wildman–Crippen LogP) is 4.76. The highest BCUT2D eigenvalue weighted by atomic mass is 35.5. The van der Waals surface area contributed by atoms with E-state index in [1.165, 1.54) is 5.56 Å². The van der Waals surface area contributed by atoms with Crippen molar-refractivity contribution in [3.8, 4) is 0 Å². The molecular formula is C24H27Cl2N5. The average molecular weight is 456 g/mol. The molecule has 3 aromatic rings. The van der Waals surface area contributed by atoms with E-state index in [1.54, 1.807) is 0 Å². The van der Waals surface area contributed by atoms with Crippen molar-refractivity contribution in [1.82, 2.24) is 14.9 Å². The second-order valence-electron chi connectivity index (χ2n) is 8.09. The first-order chi connectivity index (χ1) is 15.0. The van der Waals surface area contributed by atoms with Crippen molar-refractivity contribution in [2.24, 2.45) is 0 Å². The van der Waals surface area contributed by atoms with E-state index < -0.39 is 0 Å². The number of halogens is 2. The Hall–Kier alpha value is -2.34. The highest BCUT2D eigenvalue weighted by Crippen LogP contribution is 2.25. The number of anilines is 2. The fourth-order valence-corrected chi connectivity index (χ4v) is 4.06. The van der Waals surface area contributed by atoms with Gasteiger partial charge in [-0.15, -0.1) is 0 Å². The third-order valence-corrected chi connectivity index (χ3v) is 6.22. The zero-order chi connectivity index (χ0) is 21.8. The molecule has 0 amide bonds. The smallest absolute Gasteiger partial charge is 0.227 e. The molecule has 1 saturated heterocycles. The second kappa shape index (κ2) is 9.86. The molecule has 0 aliphatic carbocycles. The van der Waals surface area contributed by atoms with Crippen LogP contribution < -0.4 is 9.80 Å². The SMILES string of the molecule is CN(C)c1cc(Cc2ccc(Cl)c(Cl)c2)nc(N2CCN(Cc3ccccc3)CC2)n1. The highest BCUT2D eigenvalue weighted by Gasteiger charge is 2.20. The average Bonchev–Trinajstić information content (AvgIpc) is 2.77. The summed E-state index contributed by atoms with van der Waals surface area (Å²) in [6, 6.07) is 18.4. The zero-order valence-electron chi connectivity index (χ0n) is 17.9. The van der Waals surface area contributed by atoms with E-state index in [1.807, 2.05) is 43.3 Å². The summed E-state index contributed by atoms with van der Waals surface area (Å²) in [7, 11) is 4.01. The molecule has 0 spiro atoms. The molecule has 1 aliphatic rings. The quantitative estimate of drug-likeness (QED) is 0.535. The Labute approximate surface area is 194 Å². The molecule has 0 N–H and O–H groups in total. The van der Waals surface area contributed by atoms with E-state index in [0.29, 0.717) is 16.5 Å². The number of piperazine rings is 1. The van der Waals surface area contributed by atoms with Crippen molar-refractivity contribution < 1.29 is 0 Å². The molecule has 0 radical (unpaired) electrons. The molecule has 7 heteroatoms. The molecule has 0 saturated carbocycles. The normalized spacial score (nSPS) is 14.6. The van der Waals surface area contributed by atoms with Crippen LogP contribution in [0, 0.1) is 0 Å². The van der Waals surface area contributed by atoms with Crippen LogP contribution in [-0.4, -0.2) is 55.1 Å². The molecule has 4 rings (SSSR count). The van der Waals surface area contributed by atoms with Crippen LogP contribution >= 0.6 is 23.2 Å². The van der Waals surface area contributed by atoms with E-state index in [4.69, 9.17) is 33.2 Å². The molecule has 1 aliphatic heterocycles. The van der Waals surface area contributed by atoms with E-state index in [-0.39, 0.29) is 0 Å². The lowest BCUT2D eigenvalue weighted by Gasteiger charge is -2.35. The van der Waals surface area contributed by atoms with Gasteiger partial charge in [-0.3, -0.25) is 4.90 Å². The number of benzene rings is 2. The molecule has 0 unspecified atom stereocenters. The minimum absolute atomic E-state index is 0.566. The summed E-state index contributed by atoms with van der Waals surface area (Å²) in [6.07, 6.45) is 0.682. The first-order valence-corrected chi connectivity index (χ1v) is 11.2. The molecule has 162 valence electrons. The van der Waals surface area contributed by atoms with Crippen molar-refractivity contribution in [2.75, 3.05) is 50.1 Å². The molecule has 2 heterocycles. The Morgan fingerprint density at radius 2 is 1.58 bits per heavy atom. The van der Waals surface area contributed by atoms with Gasteiger partial charge in [-0.05, 0) is 23.3 Å². The molecule has 0 atom stereocenters. The predicted molar refractivity (Wildman–Crippen MR) is 130 cm³/mol. The van der Waals surface area contributed by atoms with Crippen LogP contribution in [0.5, 0.6) is 0 Å². The zero-order valence-corrected chi connectivity index (χ0v) is 19.4. The fraction of sp³-hybridized carbons (Fsp3) is 0.333. The van der Waals surface area contributed by atoms with Gasteiger partial charge in [-0.1, -0.05) is 59.6 Å². The number of hydrogen-bond donors (Lipinski definition) is 0. The maximum absolute atomic E-state index is 6.20. The van der Waals surface area contributed by atoms with Gasteiger partial charge in [0.15, 0.2) is 0 Å². The summed E-state index contributed by atoms with van der Waals surface area (Å²) in [6.45, 7) is 4.79. The van der Waals surface area contributed by atoms with Crippen LogP contribution in [0.3, 0.4) is 0 Å². The third kappa shape index (κ3) is 5.67. The lowest BCUT2D eigenvalue weighted by molar-refractivity contribution is 0.248. The minimum Gasteiger partial charge on any atom is -0.363 e. The summed E-state index contributed by atoms with van der Waals surface area (Å²) in [4.78, 5) is 16.5. The molecule has 0 bridgehead atoms. The van der Waals surface area contributed by atoms with Crippen LogP contribution in [0.2, 0.25) is 10.0 Å². The number of aromatic nitrogens is 2. The van der Waals surface area contributed by atoms with Gasteiger partial charge in [-0.25, -0.2) is 4.98 Å². The third-order valence-electron chi connectivity index (χ3n) is 5.49. The van der Waals surface area contributed by atoms with Crippen molar-refractivity contribution in [3.05, 3.63) is 81.5 Å². The van der Waals surface area contributed by atoms with Crippen molar-refractivity contribution >= 4 is 35.0 Å². The molecule has 31 heavy (non-hydrogen) atoms. The molecular weight excluding hydrogens is 429 g/mol. The summed E-state index contributed by atoms with van der Waals surface area (Å²) < 4.78 is 0. The van der Waals surface area contributed by atoms with Gasteiger partial charge in [0, 0.05) is 59.3 Å². The van der Waals surface area contributed by atoms with E-state index in [2.05, 4.69) is 40.1 Å².